The monoisotopic (exact) mass is 342 g/mol. The minimum Gasteiger partial charge on any atom is -0.390 e. The molecular formula is C20H26N2OS. The van der Waals surface area contributed by atoms with E-state index >= 15 is 0 Å². The lowest BCUT2D eigenvalue weighted by atomic mass is 9.88. The topological polar surface area (TPSA) is 46.3 Å². The lowest BCUT2D eigenvalue weighted by Gasteiger charge is -2.20. The highest BCUT2D eigenvalue weighted by molar-refractivity contribution is 7.16. The summed E-state index contributed by atoms with van der Waals surface area (Å²) in [7, 11) is 0. The van der Waals surface area contributed by atoms with E-state index in [2.05, 4.69) is 25.1 Å². The standard InChI is InChI=1S/C20H26N2OS/c1-4-22(5-2)20(23)18-17(13(3)24-19(18)21)16-11-10-14-8-6-7-9-15(14)12-16/h10-12H,4-9,21H2,1-3H3. The smallest absolute Gasteiger partial charge is 0.257 e. The van der Waals surface area contributed by atoms with E-state index in [9.17, 15) is 4.79 Å². The second kappa shape index (κ2) is 6.98. The van der Waals surface area contributed by atoms with Gasteiger partial charge in [0.1, 0.15) is 0 Å². The molecule has 0 radical (unpaired) electrons. The molecule has 3 rings (SSSR count). The zero-order chi connectivity index (χ0) is 17.3. The van der Waals surface area contributed by atoms with Crippen molar-refractivity contribution in [3.8, 4) is 11.1 Å². The zero-order valence-electron chi connectivity index (χ0n) is 14.8. The fraction of sp³-hybridized carbons (Fsp3) is 0.450. The number of nitrogens with zero attached hydrogens (tertiary/aromatic N) is 1. The van der Waals surface area contributed by atoms with Crippen LogP contribution in [0.5, 0.6) is 0 Å². The average Bonchev–Trinajstić information content (AvgIpc) is 2.89. The summed E-state index contributed by atoms with van der Waals surface area (Å²) in [5.74, 6) is 0.0505. The molecule has 2 N–H and O–H groups in total. The normalized spacial score (nSPS) is 13.6. The van der Waals surface area contributed by atoms with Crippen molar-refractivity contribution in [2.75, 3.05) is 18.8 Å². The van der Waals surface area contributed by atoms with Gasteiger partial charge in [0.15, 0.2) is 0 Å². The van der Waals surface area contributed by atoms with Gasteiger partial charge >= 0.3 is 0 Å². The number of nitrogen functional groups attached to an aromatic ring is 1. The summed E-state index contributed by atoms with van der Waals surface area (Å²) in [6, 6.07) is 6.68. The van der Waals surface area contributed by atoms with Crippen LogP contribution in [0.15, 0.2) is 18.2 Å². The third kappa shape index (κ3) is 2.95. The highest BCUT2D eigenvalue weighted by atomic mass is 32.1. The van der Waals surface area contributed by atoms with E-state index in [1.165, 1.54) is 41.7 Å². The molecular weight excluding hydrogens is 316 g/mol. The minimum atomic E-state index is 0.0505. The zero-order valence-corrected chi connectivity index (χ0v) is 15.6. The lowest BCUT2D eigenvalue weighted by molar-refractivity contribution is 0.0775. The maximum atomic E-state index is 13.0. The Morgan fingerprint density at radius 1 is 1.17 bits per heavy atom. The Morgan fingerprint density at radius 2 is 1.83 bits per heavy atom. The molecule has 4 heteroatoms. The highest BCUT2D eigenvalue weighted by Crippen LogP contribution is 2.40. The number of hydrogen-bond donors (Lipinski definition) is 1. The fourth-order valence-electron chi connectivity index (χ4n) is 3.68. The first kappa shape index (κ1) is 17.0. The van der Waals surface area contributed by atoms with Crippen molar-refractivity contribution in [1.29, 1.82) is 0 Å². The number of aryl methyl sites for hydroxylation is 3. The van der Waals surface area contributed by atoms with Crippen LogP contribution >= 0.6 is 11.3 Å². The van der Waals surface area contributed by atoms with Gasteiger partial charge in [-0.2, -0.15) is 0 Å². The molecule has 1 amide bonds. The SMILES string of the molecule is CCN(CC)C(=O)c1c(N)sc(C)c1-c1ccc2c(c1)CCCC2. The van der Waals surface area contributed by atoms with Crippen molar-refractivity contribution < 1.29 is 4.79 Å². The molecule has 0 fully saturated rings. The summed E-state index contributed by atoms with van der Waals surface area (Å²) >= 11 is 1.53. The van der Waals surface area contributed by atoms with Crippen LogP contribution in [0.1, 0.15) is 53.1 Å². The summed E-state index contributed by atoms with van der Waals surface area (Å²) in [6.45, 7) is 7.49. The molecule has 2 aromatic rings. The quantitative estimate of drug-likeness (QED) is 0.878. The van der Waals surface area contributed by atoms with Crippen molar-refractivity contribution >= 4 is 22.2 Å². The first-order valence-electron chi connectivity index (χ1n) is 8.87. The van der Waals surface area contributed by atoms with Gasteiger partial charge in [0.25, 0.3) is 5.91 Å². The molecule has 0 spiro atoms. The van der Waals surface area contributed by atoms with Gasteiger partial charge in [0, 0.05) is 23.5 Å². The van der Waals surface area contributed by atoms with Gasteiger partial charge in [-0.3, -0.25) is 4.79 Å². The van der Waals surface area contributed by atoms with E-state index in [0.29, 0.717) is 23.7 Å². The predicted molar refractivity (Wildman–Crippen MR) is 103 cm³/mol. The Hall–Kier alpha value is -1.81. The van der Waals surface area contributed by atoms with Gasteiger partial charge in [-0.15, -0.1) is 11.3 Å². The molecule has 3 nitrogen and oxygen atoms in total. The highest BCUT2D eigenvalue weighted by Gasteiger charge is 2.25. The second-order valence-corrected chi connectivity index (χ2v) is 7.70. The molecule has 0 saturated heterocycles. The Labute approximate surface area is 148 Å². The van der Waals surface area contributed by atoms with Crippen LogP contribution in [-0.2, 0) is 12.8 Å². The van der Waals surface area contributed by atoms with Crippen LogP contribution in [0.2, 0.25) is 0 Å². The molecule has 1 aromatic heterocycles. The average molecular weight is 343 g/mol. The predicted octanol–water partition coefficient (Wildman–Crippen LogP) is 4.67. The van der Waals surface area contributed by atoms with Crippen molar-refractivity contribution in [3.05, 3.63) is 39.8 Å². The number of hydrogen-bond acceptors (Lipinski definition) is 3. The summed E-state index contributed by atoms with van der Waals surface area (Å²) in [5.41, 5.74) is 12.0. The van der Waals surface area contributed by atoms with Crippen LogP contribution in [0, 0.1) is 6.92 Å². The van der Waals surface area contributed by atoms with Crippen LogP contribution in [-0.4, -0.2) is 23.9 Å². The molecule has 0 bridgehead atoms. The second-order valence-electron chi connectivity index (χ2n) is 6.44. The van der Waals surface area contributed by atoms with Crippen molar-refractivity contribution in [2.24, 2.45) is 0 Å². The number of benzene rings is 1. The number of thiophene rings is 1. The van der Waals surface area contributed by atoms with Gasteiger partial charge in [0.05, 0.1) is 10.6 Å². The fourth-order valence-corrected chi connectivity index (χ4v) is 4.63. The van der Waals surface area contributed by atoms with Crippen LogP contribution in [0.4, 0.5) is 5.00 Å². The summed E-state index contributed by atoms with van der Waals surface area (Å²) in [4.78, 5) is 15.9. The van der Waals surface area contributed by atoms with E-state index in [1.807, 2.05) is 18.7 Å². The van der Waals surface area contributed by atoms with E-state index in [1.54, 1.807) is 0 Å². The molecule has 128 valence electrons. The van der Waals surface area contributed by atoms with E-state index in [4.69, 9.17) is 5.73 Å². The van der Waals surface area contributed by atoms with Gasteiger partial charge in [0.2, 0.25) is 0 Å². The van der Waals surface area contributed by atoms with Crippen LogP contribution in [0.25, 0.3) is 11.1 Å². The molecule has 24 heavy (non-hydrogen) atoms. The number of anilines is 1. The van der Waals surface area contributed by atoms with E-state index in [-0.39, 0.29) is 5.91 Å². The lowest BCUT2D eigenvalue weighted by Crippen LogP contribution is -2.31. The number of nitrogens with two attached hydrogens (primary N) is 1. The van der Waals surface area contributed by atoms with Gasteiger partial charge in [-0.1, -0.05) is 18.2 Å². The molecule has 1 aromatic carbocycles. The third-order valence-electron chi connectivity index (χ3n) is 5.01. The third-order valence-corrected chi connectivity index (χ3v) is 5.95. The number of carbonyl (C=O) groups excluding carboxylic acids is 1. The molecule has 1 aliphatic carbocycles. The van der Waals surface area contributed by atoms with Gasteiger partial charge in [-0.25, -0.2) is 0 Å². The first-order chi connectivity index (χ1) is 11.6. The van der Waals surface area contributed by atoms with Crippen molar-refractivity contribution in [1.82, 2.24) is 4.90 Å². The molecule has 1 aliphatic rings. The molecule has 0 unspecified atom stereocenters. The van der Waals surface area contributed by atoms with Crippen LogP contribution in [0.3, 0.4) is 0 Å². The molecule has 0 atom stereocenters. The molecule has 0 aliphatic heterocycles. The Morgan fingerprint density at radius 3 is 2.50 bits per heavy atom. The summed E-state index contributed by atoms with van der Waals surface area (Å²) in [6.07, 6.45) is 4.85. The Kier molecular flexibility index (Phi) is 4.95. The molecule has 0 saturated carbocycles. The largest absolute Gasteiger partial charge is 0.390 e. The van der Waals surface area contributed by atoms with Crippen LogP contribution < -0.4 is 5.73 Å². The minimum absolute atomic E-state index is 0.0505. The number of fused-ring (bicyclic) bond motifs is 1. The Bertz CT molecular complexity index is 759. The van der Waals surface area contributed by atoms with Gasteiger partial charge in [-0.05, 0) is 63.1 Å². The van der Waals surface area contributed by atoms with E-state index < -0.39 is 0 Å². The summed E-state index contributed by atoms with van der Waals surface area (Å²) < 4.78 is 0. The van der Waals surface area contributed by atoms with Crippen molar-refractivity contribution in [3.63, 3.8) is 0 Å². The number of rotatable bonds is 4. The van der Waals surface area contributed by atoms with E-state index in [0.717, 1.165) is 22.4 Å². The van der Waals surface area contributed by atoms with Gasteiger partial charge < -0.3 is 10.6 Å². The van der Waals surface area contributed by atoms with Crippen molar-refractivity contribution in [2.45, 2.75) is 46.5 Å². The first-order valence-corrected chi connectivity index (χ1v) is 9.68. The summed E-state index contributed by atoms with van der Waals surface area (Å²) in [5, 5.41) is 0.636. The maximum absolute atomic E-state index is 13.0. The molecule has 1 heterocycles. The Balaban J connectivity index is 2.10. The number of carbonyl (C=O) groups is 1. The maximum Gasteiger partial charge on any atom is 0.257 e. The number of amides is 1.